The topological polar surface area (TPSA) is 79.6 Å². The highest BCUT2D eigenvalue weighted by Gasteiger charge is 2.49. The number of carbonyl (C=O) groups is 2. The van der Waals surface area contributed by atoms with Gasteiger partial charge in [0.15, 0.2) is 5.65 Å². The maximum absolute atomic E-state index is 13.4. The number of anilines is 1. The molecule has 2 fully saturated rings. The zero-order valence-electron chi connectivity index (χ0n) is 17.6. The zero-order chi connectivity index (χ0) is 22.5. The van der Waals surface area contributed by atoms with E-state index < -0.39 is 11.2 Å². The third kappa shape index (κ3) is 3.52. The number of nitrogens with one attached hydrogen (secondary N) is 1. The fourth-order valence-corrected chi connectivity index (χ4v) is 5.18. The van der Waals surface area contributed by atoms with Crippen molar-refractivity contribution in [1.29, 1.82) is 0 Å². The minimum atomic E-state index is -0.442. The maximum Gasteiger partial charge on any atom is 0.256 e. The van der Waals surface area contributed by atoms with Crippen LogP contribution in [0.4, 0.5) is 10.1 Å². The molecule has 9 heteroatoms. The Morgan fingerprint density at radius 1 is 1.25 bits per heavy atom. The summed E-state index contributed by atoms with van der Waals surface area (Å²) >= 11 is 6.19. The molecule has 1 aliphatic carbocycles. The first-order chi connectivity index (χ1) is 15.4. The van der Waals surface area contributed by atoms with E-state index in [0.717, 1.165) is 12.1 Å². The number of aromatic nitrogens is 3. The van der Waals surface area contributed by atoms with E-state index in [1.165, 1.54) is 18.3 Å². The molecule has 3 aromatic rings. The van der Waals surface area contributed by atoms with Crippen LogP contribution in [0.15, 0.2) is 36.7 Å². The van der Waals surface area contributed by atoms with Crippen LogP contribution in [0, 0.1) is 18.2 Å². The van der Waals surface area contributed by atoms with Crippen molar-refractivity contribution in [2.24, 2.45) is 5.41 Å². The minimum absolute atomic E-state index is 0.0101. The van der Waals surface area contributed by atoms with Gasteiger partial charge in [-0.2, -0.15) is 5.10 Å². The lowest BCUT2D eigenvalue weighted by atomic mass is 9.71. The third-order valence-corrected chi connectivity index (χ3v) is 7.05. The lowest BCUT2D eigenvalue weighted by molar-refractivity contribution is -0.127. The Bertz CT molecular complexity index is 1220. The van der Waals surface area contributed by atoms with Crippen LogP contribution in [0.2, 0.25) is 5.02 Å². The van der Waals surface area contributed by atoms with E-state index in [2.05, 4.69) is 15.4 Å². The Labute approximate surface area is 189 Å². The summed E-state index contributed by atoms with van der Waals surface area (Å²) in [4.78, 5) is 32.2. The number of nitrogens with zero attached hydrogens (tertiary/aromatic N) is 4. The van der Waals surface area contributed by atoms with Crippen molar-refractivity contribution in [2.45, 2.75) is 45.1 Å². The number of amides is 2. The molecule has 1 saturated heterocycles. The highest BCUT2D eigenvalue weighted by atomic mass is 35.5. The quantitative estimate of drug-likeness (QED) is 0.649. The Kier molecular flexibility index (Phi) is 5.12. The largest absolute Gasteiger partial charge is 0.349 e. The van der Waals surface area contributed by atoms with Gasteiger partial charge in [0.1, 0.15) is 11.4 Å². The number of halogens is 2. The predicted molar refractivity (Wildman–Crippen MR) is 118 cm³/mol. The number of hydrogen-bond acceptors (Lipinski definition) is 4. The number of fused-ring (bicyclic) bond motifs is 1. The summed E-state index contributed by atoms with van der Waals surface area (Å²) in [5, 5.41) is 7.54. The summed E-state index contributed by atoms with van der Waals surface area (Å²) in [5.41, 5.74) is 1.91. The second-order valence-corrected chi connectivity index (χ2v) is 9.13. The maximum atomic E-state index is 13.4. The molecule has 2 amide bonds. The van der Waals surface area contributed by atoms with Gasteiger partial charge in [-0.3, -0.25) is 9.59 Å². The van der Waals surface area contributed by atoms with Crippen molar-refractivity contribution in [3.05, 3.63) is 58.8 Å². The van der Waals surface area contributed by atoms with Gasteiger partial charge in [-0.15, -0.1) is 0 Å². The standard InChI is InChI=1S/C23H23ClFN5O2/c1-14-6-10-30-20(27-14)17(13-26-30)21(31)28-16-4-7-23(8-5-16)9-11-29(22(23)32)19-3-2-15(25)12-18(19)24/h2-3,6,10,12-13,16H,4-5,7-9,11H2,1H3,(H,28,31). The first-order valence-electron chi connectivity index (χ1n) is 10.8. The number of hydrogen-bond donors (Lipinski definition) is 1. The Morgan fingerprint density at radius 2 is 2.03 bits per heavy atom. The molecule has 1 saturated carbocycles. The average Bonchev–Trinajstić information content (AvgIpc) is 3.32. The van der Waals surface area contributed by atoms with E-state index >= 15 is 0 Å². The predicted octanol–water partition coefficient (Wildman–Crippen LogP) is 3.93. The van der Waals surface area contributed by atoms with E-state index in [9.17, 15) is 14.0 Å². The minimum Gasteiger partial charge on any atom is -0.349 e. The van der Waals surface area contributed by atoms with Crippen LogP contribution in [-0.4, -0.2) is 39.0 Å². The molecule has 0 bridgehead atoms. The smallest absolute Gasteiger partial charge is 0.256 e. The lowest BCUT2D eigenvalue weighted by Crippen LogP contribution is -2.44. The van der Waals surface area contributed by atoms with Crippen LogP contribution >= 0.6 is 11.6 Å². The molecule has 1 aromatic carbocycles. The van der Waals surface area contributed by atoms with Gasteiger partial charge in [0.05, 0.1) is 22.3 Å². The van der Waals surface area contributed by atoms with E-state index in [1.54, 1.807) is 21.7 Å². The fourth-order valence-electron chi connectivity index (χ4n) is 4.91. The molecule has 3 heterocycles. The molecule has 2 aromatic heterocycles. The van der Waals surface area contributed by atoms with Crippen molar-refractivity contribution in [1.82, 2.24) is 19.9 Å². The molecular formula is C23H23ClFN5O2. The van der Waals surface area contributed by atoms with Gasteiger partial charge in [0.25, 0.3) is 5.91 Å². The summed E-state index contributed by atoms with van der Waals surface area (Å²) in [6.45, 7) is 2.44. The van der Waals surface area contributed by atoms with Gasteiger partial charge in [0.2, 0.25) is 5.91 Å². The fraction of sp³-hybridized carbons (Fsp3) is 0.391. The molecular weight excluding hydrogens is 433 g/mol. The summed E-state index contributed by atoms with van der Waals surface area (Å²) in [5.74, 6) is -0.581. The van der Waals surface area contributed by atoms with Gasteiger partial charge < -0.3 is 10.2 Å². The van der Waals surface area contributed by atoms with Crippen LogP contribution in [0.5, 0.6) is 0 Å². The first kappa shape index (κ1) is 20.9. The molecule has 166 valence electrons. The molecule has 1 spiro atoms. The van der Waals surface area contributed by atoms with E-state index in [-0.39, 0.29) is 22.9 Å². The average molecular weight is 456 g/mol. The van der Waals surface area contributed by atoms with Crippen LogP contribution in [0.3, 0.4) is 0 Å². The summed E-state index contributed by atoms with van der Waals surface area (Å²) in [6.07, 6.45) is 6.87. The summed E-state index contributed by atoms with van der Waals surface area (Å²) < 4.78 is 15.0. The van der Waals surface area contributed by atoms with Crippen molar-refractivity contribution in [3.63, 3.8) is 0 Å². The zero-order valence-corrected chi connectivity index (χ0v) is 18.4. The van der Waals surface area contributed by atoms with Crippen LogP contribution in [0.1, 0.15) is 48.2 Å². The molecule has 1 aliphatic heterocycles. The van der Waals surface area contributed by atoms with Gasteiger partial charge in [0, 0.05) is 24.5 Å². The van der Waals surface area contributed by atoms with Crippen molar-refractivity contribution < 1.29 is 14.0 Å². The Balaban J connectivity index is 1.25. The van der Waals surface area contributed by atoms with Crippen molar-refractivity contribution in [3.8, 4) is 0 Å². The monoisotopic (exact) mass is 455 g/mol. The lowest BCUT2D eigenvalue weighted by Gasteiger charge is -2.36. The molecule has 32 heavy (non-hydrogen) atoms. The molecule has 2 aliphatic rings. The van der Waals surface area contributed by atoms with Crippen molar-refractivity contribution >= 4 is 34.7 Å². The number of carbonyl (C=O) groups excluding carboxylic acids is 2. The van der Waals surface area contributed by atoms with Gasteiger partial charge in [-0.25, -0.2) is 13.9 Å². The SMILES string of the molecule is Cc1ccn2ncc(C(=O)NC3CCC4(CC3)CCN(c3ccc(F)cc3Cl)C4=O)c2n1. The molecule has 0 atom stereocenters. The molecule has 0 unspecified atom stereocenters. The van der Waals surface area contributed by atoms with Gasteiger partial charge in [-0.05, 0) is 63.3 Å². The second kappa shape index (κ2) is 7.85. The Hall–Kier alpha value is -3.00. The second-order valence-electron chi connectivity index (χ2n) is 8.73. The van der Waals surface area contributed by atoms with Gasteiger partial charge in [-0.1, -0.05) is 11.6 Å². The molecule has 7 nitrogen and oxygen atoms in total. The first-order valence-corrected chi connectivity index (χ1v) is 11.1. The molecule has 5 rings (SSSR count). The summed E-state index contributed by atoms with van der Waals surface area (Å²) in [6, 6.07) is 5.95. The Morgan fingerprint density at radius 3 is 2.78 bits per heavy atom. The van der Waals surface area contributed by atoms with Crippen LogP contribution in [-0.2, 0) is 4.79 Å². The van der Waals surface area contributed by atoms with Gasteiger partial charge >= 0.3 is 0 Å². The molecule has 1 N–H and O–H groups in total. The summed E-state index contributed by atoms with van der Waals surface area (Å²) in [7, 11) is 0. The third-order valence-electron chi connectivity index (χ3n) is 6.74. The highest BCUT2D eigenvalue weighted by molar-refractivity contribution is 6.34. The molecule has 0 radical (unpaired) electrons. The number of benzene rings is 1. The van der Waals surface area contributed by atoms with E-state index in [4.69, 9.17) is 11.6 Å². The van der Waals surface area contributed by atoms with Crippen LogP contribution in [0.25, 0.3) is 5.65 Å². The van der Waals surface area contributed by atoms with Crippen LogP contribution < -0.4 is 10.2 Å². The number of aryl methyl sites for hydroxylation is 1. The van der Waals surface area contributed by atoms with Crippen molar-refractivity contribution in [2.75, 3.05) is 11.4 Å². The van der Waals surface area contributed by atoms with E-state index in [1.807, 2.05) is 13.0 Å². The highest BCUT2D eigenvalue weighted by Crippen LogP contribution is 2.47. The van der Waals surface area contributed by atoms with E-state index in [0.29, 0.717) is 49.1 Å². The number of rotatable bonds is 3. The normalized spacial score (nSPS) is 23.3.